The maximum atomic E-state index is 11.4. The Hall–Kier alpha value is -2.38. The van der Waals surface area contributed by atoms with E-state index in [0.29, 0.717) is 31.8 Å². The summed E-state index contributed by atoms with van der Waals surface area (Å²) in [5, 5.41) is 11.8. The highest BCUT2D eigenvalue weighted by molar-refractivity contribution is 8.07. The van der Waals surface area contributed by atoms with Crippen LogP contribution in [0.5, 0.6) is 0 Å². The molecule has 1 aromatic rings. The van der Waals surface area contributed by atoms with Crippen LogP contribution < -0.4 is 5.32 Å². The average molecular weight is 506 g/mol. The first kappa shape index (κ1) is 34.8. The van der Waals surface area contributed by atoms with Crippen molar-refractivity contribution >= 4 is 35.7 Å². The van der Waals surface area contributed by atoms with Gasteiger partial charge in [-0.05, 0) is 57.2 Å². The van der Waals surface area contributed by atoms with Crippen LogP contribution in [0.1, 0.15) is 72.4 Å². The molecule has 1 aromatic carbocycles. The summed E-state index contributed by atoms with van der Waals surface area (Å²) >= 11 is 1.65. The summed E-state index contributed by atoms with van der Waals surface area (Å²) in [4.78, 5) is 28.4. The minimum absolute atomic E-state index is 0.182. The number of benzene rings is 1. The number of aliphatic hydroxyl groups is 1. The van der Waals surface area contributed by atoms with Crippen molar-refractivity contribution in [2.45, 2.75) is 74.0 Å². The van der Waals surface area contributed by atoms with E-state index in [1.807, 2.05) is 91.1 Å². The molecule has 0 spiro atoms. The third kappa shape index (κ3) is 16.0. The number of carbonyl (C=O) groups excluding carboxylic acids is 2. The highest BCUT2D eigenvalue weighted by Crippen LogP contribution is 2.29. The number of nitrogens with one attached hydrogen (secondary N) is 1. The molecule has 2 N–H and O–H groups in total. The molecule has 0 aliphatic carbocycles. The van der Waals surface area contributed by atoms with Crippen molar-refractivity contribution in [3.05, 3.63) is 53.2 Å². The van der Waals surface area contributed by atoms with E-state index in [9.17, 15) is 14.7 Å². The van der Waals surface area contributed by atoms with Crippen molar-refractivity contribution in [3.63, 3.8) is 0 Å². The van der Waals surface area contributed by atoms with Gasteiger partial charge in [-0.2, -0.15) is 0 Å². The molecule has 1 fully saturated rings. The molecule has 0 radical (unpaired) electrons. The number of hydrogen-bond acceptors (Lipinski definition) is 5. The number of hydrogen-bond donors (Lipinski definition) is 2. The minimum Gasteiger partial charge on any atom is -0.391 e. The summed E-state index contributed by atoms with van der Waals surface area (Å²) in [6, 6.07) is 8.06. The Morgan fingerprint density at radius 3 is 2.20 bits per heavy atom. The van der Waals surface area contributed by atoms with Gasteiger partial charge in [0.1, 0.15) is 0 Å². The Balaban J connectivity index is 0. The predicted octanol–water partition coefficient (Wildman–Crippen LogP) is 5.92. The molecule has 2 rings (SSSR count). The quantitative estimate of drug-likeness (QED) is 0.261. The van der Waals surface area contributed by atoms with Crippen molar-refractivity contribution in [2.24, 2.45) is 10.9 Å². The van der Waals surface area contributed by atoms with Gasteiger partial charge in [0.25, 0.3) is 0 Å². The first-order valence-electron chi connectivity index (χ1n) is 12.2. The molecule has 1 unspecified atom stereocenters. The Labute approximate surface area is 218 Å². The summed E-state index contributed by atoms with van der Waals surface area (Å²) in [7, 11) is 0. The van der Waals surface area contributed by atoms with Gasteiger partial charge < -0.3 is 15.3 Å². The first-order valence-corrected chi connectivity index (χ1v) is 13.5. The number of allylic oxidation sites excluding steroid dienone is 3. The van der Waals surface area contributed by atoms with Gasteiger partial charge in [-0.15, -0.1) is 11.8 Å². The van der Waals surface area contributed by atoms with E-state index >= 15 is 0 Å². The van der Waals surface area contributed by atoms with Crippen LogP contribution in [0.25, 0.3) is 4.91 Å². The van der Waals surface area contributed by atoms with Crippen LogP contribution in [0.2, 0.25) is 0 Å². The lowest BCUT2D eigenvalue weighted by molar-refractivity contribution is -0.131. The molecule has 1 aliphatic heterocycles. The van der Waals surface area contributed by atoms with Crippen LogP contribution in [0, 0.1) is 5.92 Å². The Kier molecular flexibility index (Phi) is 22.0. The van der Waals surface area contributed by atoms with Crippen LogP contribution in [0.3, 0.4) is 0 Å². The van der Waals surface area contributed by atoms with E-state index in [1.165, 1.54) is 0 Å². The lowest BCUT2D eigenvalue weighted by atomic mass is 10.1. The van der Waals surface area contributed by atoms with Gasteiger partial charge in [0.2, 0.25) is 12.3 Å². The zero-order valence-electron chi connectivity index (χ0n) is 23.0. The van der Waals surface area contributed by atoms with Crippen molar-refractivity contribution < 1.29 is 14.7 Å². The number of β-amino-alcohol motifs (C(OH)–C–C–N with tert-alkyl or cyclic N) is 1. The molecule has 2 amide bonds. The topological polar surface area (TPSA) is 82.0 Å². The highest BCUT2D eigenvalue weighted by Gasteiger charge is 2.24. The van der Waals surface area contributed by atoms with E-state index in [2.05, 4.69) is 17.0 Å². The maximum absolute atomic E-state index is 11.4. The Bertz CT molecular complexity index is 770. The second-order valence-electron chi connectivity index (χ2n) is 8.02. The average Bonchev–Trinajstić information content (AvgIpc) is 3.31. The molecule has 0 bridgehead atoms. The summed E-state index contributed by atoms with van der Waals surface area (Å²) in [5.74, 6) is 0.594. The summed E-state index contributed by atoms with van der Waals surface area (Å²) < 4.78 is 0. The predicted molar refractivity (Wildman–Crippen MR) is 153 cm³/mol. The number of likely N-dealkylation sites (tertiary alicyclic amines) is 1. The van der Waals surface area contributed by atoms with E-state index in [4.69, 9.17) is 0 Å². The second-order valence-corrected chi connectivity index (χ2v) is 8.84. The molecule has 0 saturated carbocycles. The maximum Gasteiger partial charge on any atom is 0.222 e. The van der Waals surface area contributed by atoms with Gasteiger partial charge in [0.15, 0.2) is 0 Å². The molecule has 1 heterocycles. The summed E-state index contributed by atoms with van der Waals surface area (Å²) in [5.41, 5.74) is 3.12. The van der Waals surface area contributed by atoms with Gasteiger partial charge in [-0.1, -0.05) is 64.1 Å². The first-order chi connectivity index (χ1) is 16.7. The minimum atomic E-state index is -0.291. The lowest BCUT2D eigenvalue weighted by Crippen LogP contribution is -2.30. The zero-order chi connectivity index (χ0) is 27.2. The lowest BCUT2D eigenvalue weighted by Gasteiger charge is -2.16. The molecule has 6 nitrogen and oxygen atoms in total. The fourth-order valence-corrected chi connectivity index (χ4v) is 3.66. The molecule has 198 valence electrons. The number of thioether (sulfide) groups is 1. The Morgan fingerprint density at radius 1 is 1.26 bits per heavy atom. The summed E-state index contributed by atoms with van der Waals surface area (Å²) in [6.45, 7) is 19.4. The van der Waals surface area contributed by atoms with E-state index in [-0.39, 0.29) is 12.0 Å². The molecule has 1 saturated heterocycles. The number of rotatable bonds is 8. The smallest absolute Gasteiger partial charge is 0.222 e. The van der Waals surface area contributed by atoms with Crippen molar-refractivity contribution in [1.82, 2.24) is 10.2 Å². The molecular weight excluding hydrogens is 458 g/mol. The molecule has 35 heavy (non-hydrogen) atoms. The third-order valence-corrected chi connectivity index (χ3v) is 5.75. The van der Waals surface area contributed by atoms with E-state index in [0.717, 1.165) is 34.7 Å². The highest BCUT2D eigenvalue weighted by atomic mass is 32.2. The second kappa shape index (κ2) is 22.1. The normalized spacial score (nSPS) is 15.0. The molecule has 1 aliphatic rings. The van der Waals surface area contributed by atoms with Crippen molar-refractivity contribution in [3.8, 4) is 0 Å². The van der Waals surface area contributed by atoms with Crippen molar-refractivity contribution in [2.75, 3.05) is 19.3 Å². The molecule has 0 aromatic heterocycles. The zero-order valence-corrected chi connectivity index (χ0v) is 23.8. The van der Waals surface area contributed by atoms with Crippen LogP contribution in [0.4, 0.5) is 0 Å². The Morgan fingerprint density at radius 2 is 1.83 bits per heavy atom. The number of amides is 2. The fourth-order valence-electron chi connectivity index (χ4n) is 2.93. The number of nitrogens with zero attached hydrogens (tertiary/aromatic N) is 2. The fraction of sp³-hybridized carbons (Fsp3) is 0.536. The van der Waals surface area contributed by atoms with Gasteiger partial charge in [0, 0.05) is 31.0 Å². The van der Waals surface area contributed by atoms with Crippen LogP contribution >= 0.6 is 11.8 Å². The monoisotopic (exact) mass is 505 g/mol. The van der Waals surface area contributed by atoms with Gasteiger partial charge in [0.05, 0.1) is 11.8 Å². The van der Waals surface area contributed by atoms with E-state index in [1.54, 1.807) is 16.7 Å². The third-order valence-electron chi connectivity index (χ3n) is 4.81. The number of aliphatic hydroxyl groups excluding tert-OH is 1. The van der Waals surface area contributed by atoms with Gasteiger partial charge >= 0.3 is 0 Å². The largest absolute Gasteiger partial charge is 0.391 e. The van der Waals surface area contributed by atoms with E-state index < -0.39 is 0 Å². The standard InChI is InChI=1S/C13H16N2OS.C9H17NO2.C4H8.C2H6/c1-10(14-2)13(17-3)12-6-4-11(5-7-12)8-15-9-16;1-7(2)5-9(12)10-4-3-8(11)6-10;1-3-4-2;1-2/h4-7,9H,2,8H2,1,3H3,(H,15,16);7-8,11H,3-6H2,1-2H3;3-4H,1-2H3;1-2H3/b13-10-;;4-3-;. The van der Waals surface area contributed by atoms with Crippen LogP contribution in [0.15, 0.2) is 47.1 Å². The van der Waals surface area contributed by atoms with Gasteiger partial charge in [-0.25, -0.2) is 0 Å². The molecular formula is C28H47N3O3S. The van der Waals surface area contributed by atoms with Crippen LogP contribution in [-0.4, -0.2) is 54.5 Å². The van der Waals surface area contributed by atoms with Crippen LogP contribution in [-0.2, 0) is 16.1 Å². The number of carbonyl (C=O) groups is 2. The SMILES string of the molecule is C/C=C\C.C=N/C(C)=C(\SC)c1ccc(CNC=O)cc1.CC.CC(C)CC(=O)N1CCC(O)C1. The van der Waals surface area contributed by atoms with Gasteiger partial charge in [-0.3, -0.25) is 14.6 Å². The molecule has 1 atom stereocenters. The van der Waals surface area contributed by atoms with Crippen molar-refractivity contribution in [1.29, 1.82) is 0 Å². The molecule has 7 heteroatoms. The summed E-state index contributed by atoms with van der Waals surface area (Å²) in [6.07, 6.45) is 7.77. The number of aliphatic imine (C=N–C) groups is 1.